The van der Waals surface area contributed by atoms with E-state index in [1.54, 1.807) is 31.5 Å². The summed E-state index contributed by atoms with van der Waals surface area (Å²) < 4.78 is 21.8. The summed E-state index contributed by atoms with van der Waals surface area (Å²) in [6, 6.07) is 26.2. The summed E-state index contributed by atoms with van der Waals surface area (Å²) in [7, 11) is 1.60. The Morgan fingerprint density at radius 1 is 0.976 bits per heavy atom. The Balaban J connectivity index is 1.35. The van der Waals surface area contributed by atoms with Crippen LogP contribution >= 0.6 is 54.5 Å². The molecule has 0 aliphatic rings. The number of fused-ring (bicyclic) bond motifs is 2. The lowest BCUT2D eigenvalue weighted by atomic mass is 10.2. The van der Waals surface area contributed by atoms with Crippen molar-refractivity contribution >= 4 is 82.5 Å². The fourth-order valence-electron chi connectivity index (χ4n) is 4.35. The van der Waals surface area contributed by atoms with E-state index in [1.165, 1.54) is 4.68 Å². The van der Waals surface area contributed by atoms with Gasteiger partial charge in [0.25, 0.3) is 5.56 Å². The Kier molecular flexibility index (Phi) is 7.96. The first-order valence-electron chi connectivity index (χ1n) is 12.4. The standard InChI is InChI=1S/C31H20Br2IN3O4/c1-39-26-7-4-8-27-22(26)15-29(41-27)30-36-25-6-3-2-5-21(25)31(38)37(30)35-16-18-9-12-28(24(34)13-18)40-17-19-10-11-20(32)14-23(19)33/h2-16H,17H2,1H3. The Morgan fingerprint density at radius 3 is 2.63 bits per heavy atom. The molecule has 6 rings (SSSR count). The molecule has 4 aromatic carbocycles. The zero-order valence-electron chi connectivity index (χ0n) is 21.5. The van der Waals surface area contributed by atoms with Crippen molar-refractivity contribution in [1.29, 1.82) is 0 Å². The number of nitrogens with zero attached hydrogens (tertiary/aromatic N) is 3. The van der Waals surface area contributed by atoms with E-state index < -0.39 is 0 Å². The fraction of sp³-hybridized carbons (Fsp3) is 0.0645. The van der Waals surface area contributed by atoms with Crippen molar-refractivity contribution in [1.82, 2.24) is 9.66 Å². The summed E-state index contributed by atoms with van der Waals surface area (Å²) >= 11 is 9.28. The second kappa shape index (κ2) is 11.8. The molecule has 0 saturated heterocycles. The summed E-state index contributed by atoms with van der Waals surface area (Å²) in [5.74, 6) is 2.11. The molecule has 41 heavy (non-hydrogen) atoms. The summed E-state index contributed by atoms with van der Waals surface area (Å²) in [6.45, 7) is 0.418. The van der Waals surface area contributed by atoms with Gasteiger partial charge in [0.2, 0.25) is 5.82 Å². The van der Waals surface area contributed by atoms with Crippen molar-refractivity contribution in [3.63, 3.8) is 0 Å². The fourth-order valence-corrected chi connectivity index (χ4v) is 6.20. The molecule has 0 spiro atoms. The molecule has 7 nitrogen and oxygen atoms in total. The monoisotopic (exact) mass is 783 g/mol. The number of hydrogen-bond acceptors (Lipinski definition) is 6. The zero-order chi connectivity index (χ0) is 28.5. The molecule has 2 heterocycles. The lowest BCUT2D eigenvalue weighted by Crippen LogP contribution is -2.20. The Bertz CT molecular complexity index is 2020. The SMILES string of the molecule is COc1cccc2oc(-c3nc4ccccc4c(=O)n3N=Cc3ccc(OCc4ccc(Br)cc4Br)c(I)c3)cc12. The first-order chi connectivity index (χ1) is 19.9. The number of ether oxygens (including phenoxy) is 2. The third kappa shape index (κ3) is 5.68. The van der Waals surface area contributed by atoms with Crippen LogP contribution in [0.5, 0.6) is 11.5 Å². The van der Waals surface area contributed by atoms with Gasteiger partial charge in [0, 0.05) is 14.5 Å². The summed E-state index contributed by atoms with van der Waals surface area (Å²) in [5.41, 5.74) is 2.71. The van der Waals surface area contributed by atoms with Crippen LogP contribution in [0, 0.1) is 3.57 Å². The van der Waals surface area contributed by atoms with Crippen LogP contribution in [0.15, 0.2) is 108 Å². The summed E-state index contributed by atoms with van der Waals surface area (Å²) in [5, 5.41) is 5.81. The van der Waals surface area contributed by atoms with Crippen molar-refractivity contribution < 1.29 is 13.9 Å². The quantitative estimate of drug-likeness (QED) is 0.120. The number of halogens is 3. The van der Waals surface area contributed by atoms with Crippen molar-refractivity contribution in [2.45, 2.75) is 6.61 Å². The Morgan fingerprint density at radius 2 is 1.83 bits per heavy atom. The predicted molar refractivity (Wildman–Crippen MR) is 176 cm³/mol. The van der Waals surface area contributed by atoms with Crippen molar-refractivity contribution in [2.24, 2.45) is 5.10 Å². The minimum Gasteiger partial charge on any atom is -0.496 e. The smallest absolute Gasteiger partial charge is 0.282 e. The molecule has 204 valence electrons. The van der Waals surface area contributed by atoms with E-state index in [0.717, 1.165) is 34.8 Å². The van der Waals surface area contributed by atoms with Crippen LogP contribution in [0.2, 0.25) is 0 Å². The van der Waals surface area contributed by atoms with Gasteiger partial charge in [-0.3, -0.25) is 4.79 Å². The van der Waals surface area contributed by atoms with E-state index in [2.05, 4.69) is 59.6 Å². The molecule has 0 fully saturated rings. The highest BCUT2D eigenvalue weighted by Gasteiger charge is 2.18. The molecular formula is C31H20Br2IN3O4. The highest BCUT2D eigenvalue weighted by molar-refractivity contribution is 14.1. The van der Waals surface area contributed by atoms with Gasteiger partial charge in [0.15, 0.2) is 5.76 Å². The van der Waals surface area contributed by atoms with Crippen LogP contribution in [0.4, 0.5) is 0 Å². The van der Waals surface area contributed by atoms with Gasteiger partial charge in [-0.2, -0.15) is 9.78 Å². The second-order valence-corrected chi connectivity index (χ2v) is 11.9. The minimum absolute atomic E-state index is 0.290. The minimum atomic E-state index is -0.302. The molecule has 0 aliphatic carbocycles. The van der Waals surface area contributed by atoms with Crippen molar-refractivity contribution in [2.75, 3.05) is 7.11 Å². The Hall–Kier alpha value is -3.48. The predicted octanol–water partition coefficient (Wildman–Crippen LogP) is 8.41. The van der Waals surface area contributed by atoms with Gasteiger partial charge in [-0.1, -0.05) is 56.1 Å². The van der Waals surface area contributed by atoms with Gasteiger partial charge >= 0.3 is 0 Å². The molecular weight excluding hydrogens is 765 g/mol. The summed E-state index contributed by atoms with van der Waals surface area (Å²) in [6.07, 6.45) is 1.63. The molecule has 2 aromatic heterocycles. The van der Waals surface area contributed by atoms with Gasteiger partial charge in [0.05, 0.1) is 33.2 Å². The first-order valence-corrected chi connectivity index (χ1v) is 15.1. The number of hydrogen-bond donors (Lipinski definition) is 0. The maximum absolute atomic E-state index is 13.6. The molecule has 0 aliphatic heterocycles. The topological polar surface area (TPSA) is 78.9 Å². The number of aromatic nitrogens is 2. The van der Waals surface area contributed by atoms with Crippen LogP contribution < -0.4 is 15.0 Å². The van der Waals surface area contributed by atoms with E-state index in [0.29, 0.717) is 34.6 Å². The molecule has 0 radical (unpaired) electrons. The van der Waals surface area contributed by atoms with E-state index in [1.807, 2.05) is 66.7 Å². The van der Waals surface area contributed by atoms with Crippen molar-refractivity contribution in [3.05, 3.63) is 119 Å². The maximum Gasteiger partial charge on any atom is 0.282 e. The normalized spacial score (nSPS) is 11.5. The maximum atomic E-state index is 13.6. The molecule has 0 N–H and O–H groups in total. The molecule has 0 saturated carbocycles. The van der Waals surface area contributed by atoms with Crippen LogP contribution in [-0.2, 0) is 6.61 Å². The number of benzene rings is 4. The lowest BCUT2D eigenvalue weighted by molar-refractivity contribution is 0.303. The average Bonchev–Trinajstić information content (AvgIpc) is 3.41. The molecule has 6 aromatic rings. The number of furan rings is 1. The molecule has 0 atom stereocenters. The van der Waals surface area contributed by atoms with Crippen LogP contribution in [0.25, 0.3) is 33.5 Å². The first kappa shape index (κ1) is 27.7. The highest BCUT2D eigenvalue weighted by atomic mass is 127. The molecule has 0 bridgehead atoms. The number of rotatable bonds is 7. The molecule has 10 heteroatoms. The van der Waals surface area contributed by atoms with E-state index in [-0.39, 0.29) is 11.4 Å². The van der Waals surface area contributed by atoms with Crippen LogP contribution in [0.1, 0.15) is 11.1 Å². The van der Waals surface area contributed by atoms with Gasteiger partial charge in [0.1, 0.15) is 23.7 Å². The molecule has 0 unspecified atom stereocenters. The van der Waals surface area contributed by atoms with Gasteiger partial charge in [-0.25, -0.2) is 4.98 Å². The Labute approximate surface area is 265 Å². The highest BCUT2D eigenvalue weighted by Crippen LogP contribution is 2.33. The van der Waals surface area contributed by atoms with Crippen LogP contribution in [-0.4, -0.2) is 23.0 Å². The van der Waals surface area contributed by atoms with Gasteiger partial charge in [-0.15, -0.1) is 0 Å². The van der Waals surface area contributed by atoms with Crippen LogP contribution in [0.3, 0.4) is 0 Å². The third-order valence-electron chi connectivity index (χ3n) is 6.39. The second-order valence-electron chi connectivity index (χ2n) is 9.01. The van der Waals surface area contributed by atoms with E-state index in [4.69, 9.17) is 18.9 Å². The van der Waals surface area contributed by atoms with E-state index in [9.17, 15) is 4.79 Å². The van der Waals surface area contributed by atoms with Crippen molar-refractivity contribution in [3.8, 4) is 23.1 Å². The number of para-hydroxylation sites is 1. The average molecular weight is 785 g/mol. The zero-order valence-corrected chi connectivity index (χ0v) is 26.8. The number of methoxy groups -OCH3 is 1. The third-order valence-corrected chi connectivity index (χ3v) is 8.47. The van der Waals surface area contributed by atoms with E-state index >= 15 is 0 Å². The van der Waals surface area contributed by atoms with Gasteiger partial charge in [-0.05, 0) is 88.8 Å². The lowest BCUT2D eigenvalue weighted by Gasteiger charge is -2.11. The largest absolute Gasteiger partial charge is 0.496 e. The summed E-state index contributed by atoms with van der Waals surface area (Å²) in [4.78, 5) is 18.3. The van der Waals surface area contributed by atoms with Gasteiger partial charge < -0.3 is 13.9 Å². The molecule has 0 amide bonds.